The lowest BCUT2D eigenvalue weighted by atomic mass is 9.85. The van der Waals surface area contributed by atoms with Crippen LogP contribution in [0, 0.1) is 13.8 Å². The Morgan fingerprint density at radius 2 is 1.36 bits per heavy atom. The van der Waals surface area contributed by atoms with E-state index in [1.165, 1.54) is 26.4 Å². The topological polar surface area (TPSA) is 47.9 Å². The molecule has 0 aliphatic heterocycles. The Kier molecular flexibility index (Phi) is 8.48. The number of rotatable bonds is 6. The van der Waals surface area contributed by atoms with Gasteiger partial charge < -0.3 is 4.74 Å². The molecule has 0 amide bonds. The van der Waals surface area contributed by atoms with E-state index in [0.717, 1.165) is 49.8 Å². The van der Waals surface area contributed by atoms with Crippen LogP contribution in [0.1, 0.15) is 63.8 Å². The molecule has 0 aliphatic rings. The van der Waals surface area contributed by atoms with E-state index >= 15 is 0 Å². The van der Waals surface area contributed by atoms with Gasteiger partial charge in [-0.25, -0.2) is 9.97 Å². The number of hydrogen-bond donors (Lipinski definition) is 0. The van der Waals surface area contributed by atoms with E-state index in [1.807, 2.05) is 17.5 Å². The highest BCUT2D eigenvalue weighted by Gasteiger charge is 2.32. The van der Waals surface area contributed by atoms with Crippen molar-refractivity contribution in [3.63, 3.8) is 0 Å². The third-order valence-corrected chi connectivity index (χ3v) is 15.2. The van der Waals surface area contributed by atoms with Gasteiger partial charge in [0, 0.05) is 21.8 Å². The second-order valence-electron chi connectivity index (χ2n) is 15.3. The molecular formula is C41H45N3OSSi. The Bertz CT molecular complexity index is 2080. The predicted molar refractivity (Wildman–Crippen MR) is 203 cm³/mol. The highest BCUT2D eigenvalue weighted by molar-refractivity contribution is 7.34. The molecule has 240 valence electrons. The largest absolute Gasteiger partial charge is 0.457 e. The van der Waals surface area contributed by atoms with Crippen LogP contribution in [0.3, 0.4) is 0 Å². The molecule has 3 aromatic heterocycles. The van der Waals surface area contributed by atoms with E-state index < -0.39 is 8.07 Å². The minimum atomic E-state index is -1.94. The minimum Gasteiger partial charge on any atom is -0.457 e. The van der Waals surface area contributed by atoms with E-state index in [-0.39, 0.29) is 10.8 Å². The summed E-state index contributed by atoms with van der Waals surface area (Å²) >= 11 is 1.86. The Hall–Kier alpha value is -4.13. The SMILES string of the molecule is Cc1cc(Oc2cc(-c3ncnc4c(C)c([Si](C)(C)c5ccccc5)sc34)cc(C(C)(C)C)c2)cc(-c2cc(C(C)(C)C)ccn2)c1. The summed E-state index contributed by atoms with van der Waals surface area (Å²) < 4.78 is 9.29. The van der Waals surface area contributed by atoms with Crippen molar-refractivity contribution in [3.05, 3.63) is 114 Å². The molecule has 0 N–H and O–H groups in total. The number of aryl methyl sites for hydroxylation is 2. The third kappa shape index (κ3) is 6.67. The van der Waals surface area contributed by atoms with Gasteiger partial charge in [-0.3, -0.25) is 4.98 Å². The molecule has 3 aromatic carbocycles. The lowest BCUT2D eigenvalue weighted by Crippen LogP contribution is -2.52. The third-order valence-electron chi connectivity index (χ3n) is 9.02. The molecule has 3 heterocycles. The maximum Gasteiger partial charge on any atom is 0.128 e. The predicted octanol–water partition coefficient (Wildman–Crippen LogP) is 10.2. The summed E-state index contributed by atoms with van der Waals surface area (Å²) in [6, 6.07) is 28.1. The van der Waals surface area contributed by atoms with Crippen molar-refractivity contribution in [2.24, 2.45) is 0 Å². The van der Waals surface area contributed by atoms with Gasteiger partial charge in [0.2, 0.25) is 0 Å². The van der Waals surface area contributed by atoms with Crippen LogP contribution >= 0.6 is 11.3 Å². The first kappa shape index (κ1) is 32.8. The molecular weight excluding hydrogens is 611 g/mol. The zero-order chi connectivity index (χ0) is 33.7. The van der Waals surface area contributed by atoms with E-state index in [9.17, 15) is 0 Å². The summed E-state index contributed by atoms with van der Waals surface area (Å²) in [5, 5.41) is 1.42. The van der Waals surface area contributed by atoms with Gasteiger partial charge in [-0.05, 0) is 95.5 Å². The number of nitrogens with zero attached hydrogens (tertiary/aromatic N) is 3. The lowest BCUT2D eigenvalue weighted by Gasteiger charge is -2.22. The fourth-order valence-corrected chi connectivity index (χ4v) is 11.2. The number of fused-ring (bicyclic) bond motifs is 1. The van der Waals surface area contributed by atoms with E-state index in [0.29, 0.717) is 0 Å². The lowest BCUT2D eigenvalue weighted by molar-refractivity contribution is 0.478. The Balaban J connectivity index is 1.44. The van der Waals surface area contributed by atoms with Crippen LogP contribution in [0.25, 0.3) is 32.7 Å². The normalized spacial score (nSPS) is 12.5. The molecule has 6 rings (SSSR count). The van der Waals surface area contributed by atoms with E-state index in [4.69, 9.17) is 19.7 Å². The van der Waals surface area contributed by atoms with Crippen molar-refractivity contribution >= 4 is 39.3 Å². The fourth-order valence-electron chi connectivity index (χ4n) is 6.19. The number of aromatic nitrogens is 3. The maximum atomic E-state index is 6.71. The summed E-state index contributed by atoms with van der Waals surface area (Å²) in [6.07, 6.45) is 3.62. The van der Waals surface area contributed by atoms with Gasteiger partial charge in [0.15, 0.2) is 0 Å². The Labute approximate surface area is 285 Å². The van der Waals surface area contributed by atoms with Gasteiger partial charge >= 0.3 is 0 Å². The summed E-state index contributed by atoms with van der Waals surface area (Å²) in [5.74, 6) is 1.58. The fraction of sp³-hybridized carbons (Fsp3) is 0.293. The molecule has 0 atom stereocenters. The van der Waals surface area contributed by atoms with Crippen LogP contribution in [-0.4, -0.2) is 23.0 Å². The highest BCUT2D eigenvalue weighted by atomic mass is 32.1. The first-order chi connectivity index (χ1) is 22.1. The first-order valence-electron chi connectivity index (χ1n) is 16.3. The number of hydrogen-bond acceptors (Lipinski definition) is 5. The maximum absolute atomic E-state index is 6.71. The summed E-state index contributed by atoms with van der Waals surface area (Å²) in [4.78, 5) is 14.4. The van der Waals surface area contributed by atoms with Gasteiger partial charge in [0.1, 0.15) is 25.9 Å². The standard InChI is InChI=1S/C41H45N3OSSi/c1-26-18-28(35-24-30(16-17-42-35)40(3,4)5)21-32(19-26)45-33-22-29(20-31(23-33)41(6,7)8)37-38-36(43-25-44-37)27(2)39(46-38)47(9,10)34-14-12-11-13-15-34/h11-25H,1-10H3. The Morgan fingerprint density at radius 3 is 2.06 bits per heavy atom. The molecule has 4 nitrogen and oxygen atoms in total. The minimum absolute atomic E-state index is 0.0401. The molecule has 47 heavy (non-hydrogen) atoms. The molecule has 0 fully saturated rings. The smallest absolute Gasteiger partial charge is 0.128 e. The summed E-state index contributed by atoms with van der Waals surface area (Å²) in [7, 11) is -1.94. The monoisotopic (exact) mass is 655 g/mol. The van der Waals surface area contributed by atoms with Crippen LogP contribution < -0.4 is 14.4 Å². The first-order valence-corrected chi connectivity index (χ1v) is 20.2. The van der Waals surface area contributed by atoms with Gasteiger partial charge in [-0.2, -0.15) is 0 Å². The van der Waals surface area contributed by atoms with Crippen LogP contribution in [0.2, 0.25) is 13.1 Å². The molecule has 0 bridgehead atoms. The van der Waals surface area contributed by atoms with Crippen LogP contribution in [0.15, 0.2) is 91.4 Å². The van der Waals surface area contributed by atoms with E-state index in [2.05, 4.69) is 147 Å². The van der Waals surface area contributed by atoms with Gasteiger partial charge in [0.25, 0.3) is 0 Å². The average Bonchev–Trinajstić information content (AvgIpc) is 3.37. The molecule has 0 spiro atoms. The van der Waals surface area contributed by atoms with E-state index in [1.54, 1.807) is 6.33 Å². The number of ether oxygens (including phenoxy) is 1. The molecule has 0 saturated heterocycles. The molecule has 0 radical (unpaired) electrons. The summed E-state index contributed by atoms with van der Waals surface area (Å²) in [6.45, 7) is 22.6. The van der Waals surface area contributed by atoms with Crippen molar-refractivity contribution in [1.82, 2.24) is 15.0 Å². The van der Waals surface area contributed by atoms with Crippen LogP contribution in [0.5, 0.6) is 11.5 Å². The molecule has 0 unspecified atom stereocenters. The van der Waals surface area contributed by atoms with Crippen molar-refractivity contribution in [2.45, 2.75) is 79.3 Å². The molecule has 6 aromatic rings. The van der Waals surface area contributed by atoms with Gasteiger partial charge in [0.05, 0.1) is 21.6 Å². The molecule has 0 aliphatic carbocycles. The molecule has 0 saturated carbocycles. The zero-order valence-electron chi connectivity index (χ0n) is 29.3. The van der Waals surface area contributed by atoms with Crippen molar-refractivity contribution in [1.29, 1.82) is 0 Å². The van der Waals surface area contributed by atoms with Gasteiger partial charge in [-0.15, -0.1) is 11.3 Å². The second kappa shape index (κ2) is 12.1. The average molecular weight is 656 g/mol. The Morgan fingerprint density at radius 1 is 0.681 bits per heavy atom. The van der Waals surface area contributed by atoms with Crippen LogP contribution in [0.4, 0.5) is 0 Å². The number of thiophene rings is 1. The number of benzene rings is 3. The van der Waals surface area contributed by atoms with Crippen molar-refractivity contribution < 1.29 is 4.74 Å². The molecule has 6 heteroatoms. The van der Waals surface area contributed by atoms with Crippen LogP contribution in [-0.2, 0) is 10.8 Å². The van der Waals surface area contributed by atoms with Crippen molar-refractivity contribution in [3.8, 4) is 34.0 Å². The quantitative estimate of drug-likeness (QED) is 0.168. The highest BCUT2D eigenvalue weighted by Crippen LogP contribution is 2.39. The van der Waals surface area contributed by atoms with Crippen molar-refractivity contribution in [2.75, 3.05) is 0 Å². The number of pyridine rings is 1. The van der Waals surface area contributed by atoms with Gasteiger partial charge in [-0.1, -0.05) is 90.2 Å². The summed E-state index contributed by atoms with van der Waals surface area (Å²) in [5.41, 5.74) is 9.83. The zero-order valence-corrected chi connectivity index (χ0v) is 31.1. The second-order valence-corrected chi connectivity index (χ2v) is 21.0.